The van der Waals surface area contributed by atoms with Crippen molar-refractivity contribution < 1.29 is 0 Å². The number of hydrogen-bond acceptors (Lipinski definition) is 4. The van der Waals surface area contributed by atoms with E-state index in [0.717, 1.165) is 24.4 Å². The topological polar surface area (TPSA) is 55.1 Å². The van der Waals surface area contributed by atoms with Crippen molar-refractivity contribution in [2.75, 3.05) is 6.54 Å². The van der Waals surface area contributed by atoms with Crippen molar-refractivity contribution in [2.24, 2.45) is 0 Å². The first kappa shape index (κ1) is 8.79. The second-order valence-electron chi connectivity index (χ2n) is 3.99. The van der Waals surface area contributed by atoms with Gasteiger partial charge in [-0.3, -0.25) is 0 Å². The summed E-state index contributed by atoms with van der Waals surface area (Å²) < 4.78 is 1.84. The van der Waals surface area contributed by atoms with E-state index in [9.17, 15) is 0 Å². The summed E-state index contributed by atoms with van der Waals surface area (Å²) in [6, 6.07) is 4.26. The number of nitrogens with one attached hydrogen (secondary N) is 1. The van der Waals surface area contributed by atoms with Crippen molar-refractivity contribution in [3.8, 4) is 0 Å². The average molecular weight is 203 g/mol. The van der Waals surface area contributed by atoms with Gasteiger partial charge >= 0.3 is 0 Å². The van der Waals surface area contributed by atoms with Crippen molar-refractivity contribution in [3.63, 3.8) is 0 Å². The first-order valence-corrected chi connectivity index (χ1v) is 5.26. The zero-order valence-electron chi connectivity index (χ0n) is 8.59. The van der Waals surface area contributed by atoms with Crippen LogP contribution in [0.25, 0.3) is 5.65 Å². The number of hydrogen-bond donors (Lipinski definition) is 1. The molecule has 1 fully saturated rings. The molecule has 1 N–H and O–H groups in total. The van der Waals surface area contributed by atoms with E-state index in [1.807, 2.05) is 16.6 Å². The van der Waals surface area contributed by atoms with Gasteiger partial charge in [-0.25, -0.2) is 0 Å². The molecular formula is C10H13N5. The van der Waals surface area contributed by atoms with E-state index in [1.54, 1.807) is 6.20 Å². The van der Waals surface area contributed by atoms with E-state index >= 15 is 0 Å². The Labute approximate surface area is 87.5 Å². The first-order chi connectivity index (χ1) is 7.36. The smallest absolute Gasteiger partial charge is 0.177 e. The molecule has 0 radical (unpaired) electrons. The molecule has 5 nitrogen and oxygen atoms in total. The molecular weight excluding hydrogens is 190 g/mol. The van der Waals surface area contributed by atoms with E-state index in [0.29, 0.717) is 12.0 Å². The molecule has 0 spiro atoms. The van der Waals surface area contributed by atoms with Gasteiger partial charge in [0.2, 0.25) is 0 Å². The molecule has 0 saturated carbocycles. The first-order valence-electron chi connectivity index (χ1n) is 5.26. The Hall–Kier alpha value is -1.49. The standard InChI is InChI=1S/C10H13N5/c1-7-8(4-6-11-7)10-14-13-9-3-2-5-12-15(9)10/h2-3,5,7-8,11H,4,6H2,1H3. The van der Waals surface area contributed by atoms with Crippen molar-refractivity contribution >= 4 is 5.65 Å². The van der Waals surface area contributed by atoms with E-state index in [4.69, 9.17) is 0 Å². The monoisotopic (exact) mass is 203 g/mol. The largest absolute Gasteiger partial charge is 0.314 e. The van der Waals surface area contributed by atoms with Crippen LogP contribution in [0.5, 0.6) is 0 Å². The van der Waals surface area contributed by atoms with Crippen LogP contribution in [0.2, 0.25) is 0 Å². The van der Waals surface area contributed by atoms with Crippen LogP contribution in [0.15, 0.2) is 18.3 Å². The predicted molar refractivity (Wildman–Crippen MR) is 55.6 cm³/mol. The van der Waals surface area contributed by atoms with Crippen LogP contribution < -0.4 is 5.32 Å². The summed E-state index contributed by atoms with van der Waals surface area (Å²) in [6.45, 7) is 3.23. The molecule has 2 atom stereocenters. The highest BCUT2D eigenvalue weighted by atomic mass is 15.4. The summed E-state index contributed by atoms with van der Waals surface area (Å²) in [5.41, 5.74) is 0.826. The second-order valence-corrected chi connectivity index (χ2v) is 3.99. The number of nitrogens with zero attached hydrogens (tertiary/aromatic N) is 4. The molecule has 78 valence electrons. The van der Waals surface area contributed by atoms with Gasteiger partial charge in [-0.2, -0.15) is 9.61 Å². The van der Waals surface area contributed by atoms with Gasteiger partial charge in [0, 0.05) is 18.2 Å². The van der Waals surface area contributed by atoms with Crippen molar-refractivity contribution in [3.05, 3.63) is 24.2 Å². The minimum atomic E-state index is 0.426. The Balaban J connectivity index is 2.10. The van der Waals surface area contributed by atoms with Gasteiger partial charge in [0.05, 0.1) is 0 Å². The van der Waals surface area contributed by atoms with Gasteiger partial charge in [-0.05, 0) is 32.0 Å². The fourth-order valence-electron chi connectivity index (χ4n) is 2.20. The van der Waals surface area contributed by atoms with Crippen LogP contribution in [0.3, 0.4) is 0 Å². The molecule has 0 aliphatic carbocycles. The predicted octanol–water partition coefficient (Wildman–Crippen LogP) is 0.590. The SMILES string of the molecule is CC1NCCC1c1nnc2cccnn12. The maximum Gasteiger partial charge on any atom is 0.177 e. The third-order valence-corrected chi connectivity index (χ3v) is 3.06. The third-order valence-electron chi connectivity index (χ3n) is 3.06. The molecule has 3 rings (SSSR count). The number of aromatic nitrogens is 4. The van der Waals surface area contributed by atoms with Gasteiger partial charge in [0.25, 0.3) is 0 Å². The molecule has 2 aromatic heterocycles. The quantitative estimate of drug-likeness (QED) is 0.737. The molecule has 0 bridgehead atoms. The lowest BCUT2D eigenvalue weighted by atomic mass is 10.0. The Kier molecular flexibility index (Phi) is 1.92. The van der Waals surface area contributed by atoms with Gasteiger partial charge in [0.1, 0.15) is 0 Å². The Morgan fingerprint density at radius 2 is 2.40 bits per heavy atom. The normalized spacial score (nSPS) is 26.2. The van der Waals surface area contributed by atoms with E-state index in [-0.39, 0.29) is 0 Å². The summed E-state index contributed by atoms with van der Waals surface area (Å²) in [4.78, 5) is 0. The average Bonchev–Trinajstić information content (AvgIpc) is 2.83. The van der Waals surface area contributed by atoms with Crippen molar-refractivity contribution in [1.29, 1.82) is 0 Å². The Morgan fingerprint density at radius 3 is 3.20 bits per heavy atom. The molecule has 15 heavy (non-hydrogen) atoms. The van der Waals surface area contributed by atoms with Crippen LogP contribution >= 0.6 is 0 Å². The zero-order chi connectivity index (χ0) is 10.3. The summed E-state index contributed by atoms with van der Waals surface area (Å²) in [5.74, 6) is 1.40. The van der Waals surface area contributed by atoms with Crippen LogP contribution in [-0.4, -0.2) is 32.4 Å². The minimum Gasteiger partial charge on any atom is -0.314 e. The highest BCUT2D eigenvalue weighted by molar-refractivity contribution is 5.35. The Bertz CT molecular complexity index is 477. The molecule has 0 amide bonds. The third kappa shape index (κ3) is 1.31. The second kappa shape index (κ2) is 3.27. The fraction of sp³-hybridized carbons (Fsp3) is 0.500. The van der Waals surface area contributed by atoms with Crippen LogP contribution in [-0.2, 0) is 0 Å². The van der Waals surface area contributed by atoms with Crippen molar-refractivity contribution in [1.82, 2.24) is 25.1 Å². The molecule has 3 heterocycles. The molecule has 5 heteroatoms. The molecule has 1 saturated heterocycles. The summed E-state index contributed by atoms with van der Waals surface area (Å²) in [5, 5.41) is 16.1. The molecule has 2 aromatic rings. The molecule has 0 aromatic carbocycles. The molecule has 2 unspecified atom stereocenters. The maximum atomic E-state index is 4.28. The number of fused-ring (bicyclic) bond motifs is 1. The lowest BCUT2D eigenvalue weighted by Crippen LogP contribution is -2.23. The molecule has 1 aliphatic heterocycles. The summed E-state index contributed by atoms with van der Waals surface area (Å²) >= 11 is 0. The van der Waals surface area contributed by atoms with Gasteiger partial charge < -0.3 is 5.32 Å². The lowest BCUT2D eigenvalue weighted by Gasteiger charge is -2.11. The van der Waals surface area contributed by atoms with E-state index < -0.39 is 0 Å². The van der Waals surface area contributed by atoms with Crippen molar-refractivity contribution in [2.45, 2.75) is 25.3 Å². The Morgan fingerprint density at radius 1 is 1.47 bits per heavy atom. The summed E-state index contributed by atoms with van der Waals surface area (Å²) in [7, 11) is 0. The minimum absolute atomic E-state index is 0.426. The highest BCUT2D eigenvalue weighted by Gasteiger charge is 2.28. The fourth-order valence-corrected chi connectivity index (χ4v) is 2.20. The van der Waals surface area contributed by atoms with E-state index in [2.05, 4.69) is 27.5 Å². The summed E-state index contributed by atoms with van der Waals surface area (Å²) in [6.07, 6.45) is 2.88. The highest BCUT2D eigenvalue weighted by Crippen LogP contribution is 2.25. The molecule has 1 aliphatic rings. The van der Waals surface area contributed by atoms with Crippen LogP contribution in [0.4, 0.5) is 0 Å². The van der Waals surface area contributed by atoms with Crippen LogP contribution in [0.1, 0.15) is 25.1 Å². The van der Waals surface area contributed by atoms with Gasteiger partial charge in [-0.15, -0.1) is 10.2 Å². The van der Waals surface area contributed by atoms with Gasteiger partial charge in [0.15, 0.2) is 11.5 Å². The van der Waals surface area contributed by atoms with Gasteiger partial charge in [-0.1, -0.05) is 0 Å². The van der Waals surface area contributed by atoms with E-state index in [1.165, 1.54) is 0 Å². The number of rotatable bonds is 1. The van der Waals surface area contributed by atoms with Crippen LogP contribution in [0, 0.1) is 0 Å². The lowest BCUT2D eigenvalue weighted by molar-refractivity contribution is 0.554. The maximum absolute atomic E-state index is 4.28. The zero-order valence-corrected chi connectivity index (χ0v) is 8.59.